The zero-order chi connectivity index (χ0) is 13.0. The Bertz CT molecular complexity index is 401. The summed E-state index contributed by atoms with van der Waals surface area (Å²) in [6.07, 6.45) is 5.87. The molecule has 0 radical (unpaired) electrons. The molecule has 5 nitrogen and oxygen atoms in total. The number of H-pyrrole nitrogens is 1. The number of hydrogen-bond acceptors (Lipinski definition) is 3. The summed E-state index contributed by atoms with van der Waals surface area (Å²) < 4.78 is 0. The summed E-state index contributed by atoms with van der Waals surface area (Å²) >= 11 is 0. The first-order chi connectivity index (χ1) is 8.66. The van der Waals surface area contributed by atoms with Gasteiger partial charge in [-0.25, -0.2) is 4.98 Å². The zero-order valence-corrected chi connectivity index (χ0v) is 11.2. The van der Waals surface area contributed by atoms with Gasteiger partial charge in [-0.1, -0.05) is 6.42 Å². The van der Waals surface area contributed by atoms with Crippen LogP contribution >= 0.6 is 0 Å². The molecule has 2 N–H and O–H groups in total. The highest BCUT2D eigenvalue weighted by molar-refractivity contribution is 5.76. The Hall–Kier alpha value is -1.36. The van der Waals surface area contributed by atoms with E-state index in [4.69, 9.17) is 0 Å². The van der Waals surface area contributed by atoms with Gasteiger partial charge in [0.2, 0.25) is 5.91 Å². The Balaban J connectivity index is 1.76. The van der Waals surface area contributed by atoms with Gasteiger partial charge in [-0.15, -0.1) is 0 Å². The maximum absolute atomic E-state index is 11.9. The fourth-order valence-electron chi connectivity index (χ4n) is 2.44. The third kappa shape index (κ3) is 3.32. The molecule has 1 atom stereocenters. The molecule has 2 heterocycles. The van der Waals surface area contributed by atoms with Gasteiger partial charge in [-0.05, 0) is 33.4 Å². The van der Waals surface area contributed by atoms with Crippen molar-refractivity contribution in [2.75, 3.05) is 13.6 Å². The average molecular weight is 250 g/mol. The van der Waals surface area contributed by atoms with Gasteiger partial charge in [0, 0.05) is 18.2 Å². The standard InChI is InChI=1S/C13H22N4O/c1-10-12(16-9-15-10)8-14-13(18)7-11-5-3-4-6-17(11)2/h9,11H,3-8H2,1-2H3,(H,14,18)(H,15,16)/t11-/m1/s1. The van der Waals surface area contributed by atoms with E-state index in [1.54, 1.807) is 6.33 Å². The lowest BCUT2D eigenvalue weighted by Crippen LogP contribution is -2.40. The lowest BCUT2D eigenvalue weighted by Gasteiger charge is -2.31. The Morgan fingerprint density at radius 1 is 1.61 bits per heavy atom. The Kier molecular flexibility index (Phi) is 4.36. The number of aromatic nitrogens is 2. The van der Waals surface area contributed by atoms with Crippen LogP contribution in [0.3, 0.4) is 0 Å². The molecule has 1 amide bonds. The smallest absolute Gasteiger partial charge is 0.221 e. The minimum Gasteiger partial charge on any atom is -0.350 e. The third-order valence-electron chi connectivity index (χ3n) is 3.73. The third-order valence-corrected chi connectivity index (χ3v) is 3.73. The van der Waals surface area contributed by atoms with Crippen molar-refractivity contribution in [3.8, 4) is 0 Å². The van der Waals surface area contributed by atoms with Crippen LogP contribution in [0.5, 0.6) is 0 Å². The summed E-state index contributed by atoms with van der Waals surface area (Å²) in [6, 6.07) is 0.402. The van der Waals surface area contributed by atoms with Crippen LogP contribution < -0.4 is 5.32 Å². The zero-order valence-electron chi connectivity index (χ0n) is 11.2. The number of aryl methyl sites for hydroxylation is 1. The molecular weight excluding hydrogens is 228 g/mol. The molecule has 18 heavy (non-hydrogen) atoms. The van der Waals surface area contributed by atoms with E-state index in [9.17, 15) is 4.79 Å². The van der Waals surface area contributed by atoms with Gasteiger partial charge in [-0.3, -0.25) is 4.79 Å². The molecule has 100 valence electrons. The van der Waals surface area contributed by atoms with Crippen molar-refractivity contribution < 1.29 is 4.79 Å². The number of hydrogen-bond donors (Lipinski definition) is 2. The summed E-state index contributed by atoms with van der Waals surface area (Å²) in [7, 11) is 2.11. The summed E-state index contributed by atoms with van der Waals surface area (Å²) in [5.74, 6) is 0.121. The van der Waals surface area contributed by atoms with Crippen molar-refractivity contribution in [2.24, 2.45) is 0 Å². The van der Waals surface area contributed by atoms with E-state index in [-0.39, 0.29) is 5.91 Å². The molecule has 1 aliphatic heterocycles. The van der Waals surface area contributed by atoms with Gasteiger partial charge in [0.15, 0.2) is 0 Å². The lowest BCUT2D eigenvalue weighted by atomic mass is 10.00. The van der Waals surface area contributed by atoms with Crippen LogP contribution in [0, 0.1) is 6.92 Å². The number of nitrogens with zero attached hydrogens (tertiary/aromatic N) is 2. The molecule has 2 rings (SSSR count). The van der Waals surface area contributed by atoms with Crippen LogP contribution in [-0.2, 0) is 11.3 Å². The van der Waals surface area contributed by atoms with E-state index >= 15 is 0 Å². The van der Waals surface area contributed by atoms with Crippen molar-refractivity contribution in [2.45, 2.75) is 45.2 Å². The number of imidazole rings is 1. The van der Waals surface area contributed by atoms with Gasteiger partial charge in [0.1, 0.15) is 0 Å². The van der Waals surface area contributed by atoms with Gasteiger partial charge in [0.25, 0.3) is 0 Å². The lowest BCUT2D eigenvalue weighted by molar-refractivity contribution is -0.122. The molecule has 1 aliphatic rings. The second-order valence-electron chi connectivity index (χ2n) is 5.09. The van der Waals surface area contributed by atoms with E-state index in [0.29, 0.717) is 19.0 Å². The fourth-order valence-corrected chi connectivity index (χ4v) is 2.44. The highest BCUT2D eigenvalue weighted by Crippen LogP contribution is 2.17. The summed E-state index contributed by atoms with van der Waals surface area (Å²) in [5.41, 5.74) is 1.94. The van der Waals surface area contributed by atoms with Crippen LogP contribution in [-0.4, -0.2) is 40.4 Å². The van der Waals surface area contributed by atoms with Crippen molar-refractivity contribution >= 4 is 5.91 Å². The Morgan fingerprint density at radius 2 is 2.44 bits per heavy atom. The number of likely N-dealkylation sites (tertiary alicyclic amines) is 1. The van der Waals surface area contributed by atoms with Gasteiger partial charge in [0.05, 0.1) is 18.6 Å². The van der Waals surface area contributed by atoms with Crippen LogP contribution in [0.25, 0.3) is 0 Å². The second kappa shape index (κ2) is 6.00. The van der Waals surface area contributed by atoms with Crippen molar-refractivity contribution in [3.63, 3.8) is 0 Å². The second-order valence-corrected chi connectivity index (χ2v) is 5.09. The first-order valence-corrected chi connectivity index (χ1v) is 6.62. The molecule has 0 aliphatic carbocycles. The minimum atomic E-state index is 0.121. The van der Waals surface area contributed by atoms with Gasteiger partial charge >= 0.3 is 0 Å². The van der Waals surface area contributed by atoms with Gasteiger partial charge < -0.3 is 15.2 Å². The predicted octanol–water partition coefficient (Wildman–Crippen LogP) is 1.21. The van der Waals surface area contributed by atoms with Gasteiger partial charge in [-0.2, -0.15) is 0 Å². The first kappa shape index (κ1) is 13.1. The van der Waals surface area contributed by atoms with E-state index < -0.39 is 0 Å². The highest BCUT2D eigenvalue weighted by Gasteiger charge is 2.21. The van der Waals surface area contributed by atoms with Crippen molar-refractivity contribution in [1.29, 1.82) is 0 Å². The predicted molar refractivity (Wildman–Crippen MR) is 70.1 cm³/mol. The van der Waals surface area contributed by atoms with Crippen molar-refractivity contribution in [3.05, 3.63) is 17.7 Å². The molecular formula is C13H22N4O. The molecule has 0 saturated carbocycles. The number of nitrogens with one attached hydrogen (secondary N) is 2. The molecule has 1 aromatic heterocycles. The minimum absolute atomic E-state index is 0.121. The molecule has 0 aromatic carbocycles. The summed E-state index contributed by atoms with van der Waals surface area (Å²) in [4.78, 5) is 21.4. The number of aromatic amines is 1. The number of carbonyl (C=O) groups is 1. The van der Waals surface area contributed by atoms with Crippen LogP contribution in [0.2, 0.25) is 0 Å². The SMILES string of the molecule is Cc1[nH]cnc1CNC(=O)C[C@H]1CCCCN1C. The largest absolute Gasteiger partial charge is 0.350 e. The summed E-state index contributed by atoms with van der Waals surface area (Å²) in [5, 5.41) is 2.95. The normalized spacial score (nSPS) is 20.9. The van der Waals surface area contributed by atoms with Crippen LogP contribution in [0.15, 0.2) is 6.33 Å². The molecule has 1 aromatic rings. The van der Waals surface area contributed by atoms with E-state index in [2.05, 4.69) is 27.2 Å². The maximum Gasteiger partial charge on any atom is 0.221 e. The molecule has 0 bridgehead atoms. The van der Waals surface area contributed by atoms with Crippen LogP contribution in [0.1, 0.15) is 37.1 Å². The molecule has 0 spiro atoms. The number of piperidine rings is 1. The summed E-state index contributed by atoms with van der Waals surface area (Å²) in [6.45, 7) is 3.59. The molecule has 5 heteroatoms. The average Bonchev–Trinajstić information content (AvgIpc) is 2.75. The monoisotopic (exact) mass is 250 g/mol. The fraction of sp³-hybridized carbons (Fsp3) is 0.692. The van der Waals surface area contributed by atoms with E-state index in [1.807, 2.05) is 6.92 Å². The first-order valence-electron chi connectivity index (χ1n) is 6.62. The van der Waals surface area contributed by atoms with Crippen LogP contribution in [0.4, 0.5) is 0 Å². The van der Waals surface area contributed by atoms with Crippen molar-refractivity contribution in [1.82, 2.24) is 20.2 Å². The van der Waals surface area contributed by atoms with E-state index in [1.165, 1.54) is 12.8 Å². The molecule has 0 unspecified atom stereocenters. The number of rotatable bonds is 4. The Labute approximate surface area is 108 Å². The number of amides is 1. The topological polar surface area (TPSA) is 61.0 Å². The molecule has 1 fully saturated rings. The van der Waals surface area contributed by atoms with E-state index in [0.717, 1.165) is 24.4 Å². The highest BCUT2D eigenvalue weighted by atomic mass is 16.1. The Morgan fingerprint density at radius 3 is 3.11 bits per heavy atom. The number of carbonyl (C=O) groups excluding carboxylic acids is 1. The molecule has 1 saturated heterocycles. The quantitative estimate of drug-likeness (QED) is 0.844. The maximum atomic E-state index is 11.9.